The van der Waals surface area contributed by atoms with Crippen LogP contribution in [0.5, 0.6) is 0 Å². The van der Waals surface area contributed by atoms with Gasteiger partial charge in [-0.05, 0) is 53.3 Å². The molecule has 0 saturated heterocycles. The minimum Gasteiger partial charge on any atom is -0.383 e. The van der Waals surface area contributed by atoms with E-state index in [0.29, 0.717) is 5.96 Å². The largest absolute Gasteiger partial charge is 0.383 e. The molecule has 0 spiro atoms. The van der Waals surface area contributed by atoms with Gasteiger partial charge < -0.3 is 16.2 Å². The van der Waals surface area contributed by atoms with Crippen LogP contribution in [0, 0.1) is 0 Å². The lowest BCUT2D eigenvalue weighted by molar-refractivity contribution is 0.0678. The van der Waals surface area contributed by atoms with Gasteiger partial charge in [-0.3, -0.25) is 0 Å². The van der Waals surface area contributed by atoms with E-state index in [1.807, 2.05) is 16.8 Å². The fourth-order valence-electron chi connectivity index (χ4n) is 2.47. The molecule has 0 amide bonds. The first-order valence-electron chi connectivity index (χ1n) is 7.90. The zero-order valence-electron chi connectivity index (χ0n) is 14.0. The van der Waals surface area contributed by atoms with Gasteiger partial charge >= 0.3 is 0 Å². The van der Waals surface area contributed by atoms with E-state index in [1.54, 1.807) is 18.3 Å². The molecule has 2 aromatic rings. The van der Waals surface area contributed by atoms with Gasteiger partial charge in [0, 0.05) is 5.69 Å². The number of nitrogens with two attached hydrogens (primary N) is 1. The second kappa shape index (κ2) is 7.62. The summed E-state index contributed by atoms with van der Waals surface area (Å²) in [7, 11) is 0. The summed E-state index contributed by atoms with van der Waals surface area (Å²) in [5.74, 6) is 0.330. The van der Waals surface area contributed by atoms with E-state index in [9.17, 15) is 5.11 Å². The summed E-state index contributed by atoms with van der Waals surface area (Å²) in [4.78, 5) is 4.34. The maximum absolute atomic E-state index is 10.5. The van der Waals surface area contributed by atoms with Gasteiger partial charge in [-0.1, -0.05) is 32.0 Å². The number of rotatable bonds is 6. The molecule has 1 heterocycles. The lowest BCUT2D eigenvalue weighted by Crippen LogP contribution is -2.29. The summed E-state index contributed by atoms with van der Waals surface area (Å²) in [5.41, 5.74) is 9.36. The lowest BCUT2D eigenvalue weighted by atomic mass is 10.00. The van der Waals surface area contributed by atoms with Crippen LogP contribution in [-0.2, 0) is 18.4 Å². The molecular formula is C18H25N3OS. The Morgan fingerprint density at radius 2 is 1.91 bits per heavy atom. The van der Waals surface area contributed by atoms with Crippen molar-refractivity contribution in [1.82, 2.24) is 0 Å². The van der Waals surface area contributed by atoms with Crippen LogP contribution in [0.4, 0.5) is 5.69 Å². The number of aliphatic imine (C=N–C) groups is 1. The Hall–Kier alpha value is -1.85. The Bertz CT molecular complexity index is 641. The topological polar surface area (TPSA) is 70.6 Å². The van der Waals surface area contributed by atoms with Crippen LogP contribution in [0.15, 0.2) is 40.0 Å². The number of hydrogen-bond donors (Lipinski definition) is 3. The molecule has 1 aromatic carbocycles. The smallest absolute Gasteiger partial charge is 0.193 e. The Kier molecular flexibility index (Phi) is 5.80. The van der Waals surface area contributed by atoms with Crippen LogP contribution in [0.2, 0.25) is 0 Å². The highest BCUT2D eigenvalue weighted by atomic mass is 32.1. The third kappa shape index (κ3) is 4.33. The van der Waals surface area contributed by atoms with Crippen molar-refractivity contribution in [2.45, 2.75) is 39.2 Å². The van der Waals surface area contributed by atoms with Crippen LogP contribution < -0.4 is 11.1 Å². The minimum absolute atomic E-state index is 0.221. The quantitative estimate of drug-likeness (QED) is 0.560. The van der Waals surface area contributed by atoms with E-state index in [2.05, 4.69) is 42.4 Å². The summed E-state index contributed by atoms with van der Waals surface area (Å²) < 4.78 is 0. The van der Waals surface area contributed by atoms with Gasteiger partial charge in [0.2, 0.25) is 0 Å². The van der Waals surface area contributed by atoms with Crippen molar-refractivity contribution in [3.8, 4) is 0 Å². The summed E-state index contributed by atoms with van der Waals surface area (Å²) in [6.45, 7) is 6.21. The average Bonchev–Trinajstić information content (AvgIpc) is 3.08. The average molecular weight is 331 g/mol. The molecule has 0 saturated carbocycles. The number of thiophene rings is 1. The van der Waals surface area contributed by atoms with Gasteiger partial charge in [-0.2, -0.15) is 11.3 Å². The zero-order valence-corrected chi connectivity index (χ0v) is 14.8. The first kappa shape index (κ1) is 17.5. The molecule has 1 atom stereocenters. The minimum atomic E-state index is -1.01. The van der Waals surface area contributed by atoms with E-state index >= 15 is 0 Å². The standard InChI is InChI=1S/C18H25N3OS/c1-4-13-7-6-8-14(5-2)16(13)21-17(19)20-12-18(3,22)15-9-10-23-11-15/h6-11,22H,4-5,12H2,1-3H3,(H3,19,20,21). The lowest BCUT2D eigenvalue weighted by Gasteiger charge is -2.21. The van der Waals surface area contributed by atoms with Crippen molar-refractivity contribution < 1.29 is 5.11 Å². The maximum atomic E-state index is 10.5. The Balaban J connectivity index is 2.14. The highest BCUT2D eigenvalue weighted by Gasteiger charge is 2.23. The molecule has 5 heteroatoms. The molecule has 0 fully saturated rings. The molecule has 1 unspecified atom stereocenters. The number of anilines is 1. The number of nitrogens with one attached hydrogen (secondary N) is 1. The third-order valence-corrected chi connectivity index (χ3v) is 4.64. The Morgan fingerprint density at radius 1 is 1.26 bits per heavy atom. The van der Waals surface area contributed by atoms with Crippen molar-refractivity contribution in [2.24, 2.45) is 10.7 Å². The summed E-state index contributed by atoms with van der Waals surface area (Å²) >= 11 is 1.56. The first-order valence-corrected chi connectivity index (χ1v) is 8.85. The van der Waals surface area contributed by atoms with Crippen LogP contribution in [0.25, 0.3) is 0 Å². The Morgan fingerprint density at radius 3 is 2.43 bits per heavy atom. The number of aryl methyl sites for hydroxylation is 2. The molecule has 4 N–H and O–H groups in total. The summed E-state index contributed by atoms with van der Waals surface area (Å²) in [6, 6.07) is 8.16. The fraction of sp³-hybridized carbons (Fsp3) is 0.389. The zero-order chi connectivity index (χ0) is 16.9. The highest BCUT2D eigenvalue weighted by Crippen LogP contribution is 2.24. The predicted octanol–water partition coefficient (Wildman–Crippen LogP) is 3.51. The number of para-hydroxylation sites is 1. The molecule has 0 aliphatic carbocycles. The molecule has 1 aromatic heterocycles. The monoisotopic (exact) mass is 331 g/mol. The van der Waals surface area contributed by atoms with Crippen molar-refractivity contribution >= 4 is 23.0 Å². The van der Waals surface area contributed by atoms with E-state index in [-0.39, 0.29) is 6.54 Å². The molecule has 23 heavy (non-hydrogen) atoms. The number of nitrogens with zero attached hydrogens (tertiary/aromatic N) is 1. The van der Waals surface area contributed by atoms with Crippen LogP contribution >= 0.6 is 11.3 Å². The van der Waals surface area contributed by atoms with Gasteiger partial charge in [0.1, 0.15) is 5.60 Å². The van der Waals surface area contributed by atoms with E-state index in [0.717, 1.165) is 24.1 Å². The predicted molar refractivity (Wildman–Crippen MR) is 99.2 cm³/mol. The second-order valence-corrected chi connectivity index (χ2v) is 6.55. The second-order valence-electron chi connectivity index (χ2n) is 5.77. The van der Waals surface area contributed by atoms with E-state index in [4.69, 9.17) is 5.73 Å². The SMILES string of the molecule is CCc1cccc(CC)c1NC(N)=NCC(C)(O)c1ccsc1. The van der Waals surface area contributed by atoms with E-state index < -0.39 is 5.60 Å². The molecule has 0 aliphatic rings. The summed E-state index contributed by atoms with van der Waals surface area (Å²) in [6.07, 6.45) is 1.85. The maximum Gasteiger partial charge on any atom is 0.193 e. The van der Waals surface area contributed by atoms with Gasteiger partial charge in [0.25, 0.3) is 0 Å². The Labute approximate surface area is 142 Å². The van der Waals surface area contributed by atoms with Gasteiger partial charge in [-0.25, -0.2) is 4.99 Å². The first-order chi connectivity index (χ1) is 11.0. The molecule has 0 aliphatic heterocycles. The molecular weight excluding hydrogens is 306 g/mol. The van der Waals surface area contributed by atoms with Gasteiger partial charge in [0.05, 0.1) is 6.54 Å². The van der Waals surface area contributed by atoms with Crippen molar-refractivity contribution in [2.75, 3.05) is 11.9 Å². The van der Waals surface area contributed by atoms with Gasteiger partial charge in [0.15, 0.2) is 5.96 Å². The molecule has 0 bridgehead atoms. The van der Waals surface area contributed by atoms with E-state index in [1.165, 1.54) is 11.1 Å². The van der Waals surface area contributed by atoms with Crippen molar-refractivity contribution in [3.05, 3.63) is 51.7 Å². The highest BCUT2D eigenvalue weighted by molar-refractivity contribution is 7.08. The van der Waals surface area contributed by atoms with Crippen molar-refractivity contribution in [1.29, 1.82) is 0 Å². The fourth-order valence-corrected chi connectivity index (χ4v) is 3.25. The van der Waals surface area contributed by atoms with Crippen LogP contribution in [-0.4, -0.2) is 17.6 Å². The van der Waals surface area contributed by atoms with Crippen molar-refractivity contribution in [3.63, 3.8) is 0 Å². The van der Waals surface area contributed by atoms with Crippen LogP contribution in [0.3, 0.4) is 0 Å². The molecule has 0 radical (unpaired) electrons. The van der Waals surface area contributed by atoms with Gasteiger partial charge in [-0.15, -0.1) is 0 Å². The number of benzene rings is 1. The number of hydrogen-bond acceptors (Lipinski definition) is 3. The molecule has 4 nitrogen and oxygen atoms in total. The summed E-state index contributed by atoms with van der Waals surface area (Å²) in [5, 5.41) is 17.6. The molecule has 2 rings (SSSR count). The normalized spacial score (nSPS) is 14.5. The molecule has 124 valence electrons. The van der Waals surface area contributed by atoms with Crippen LogP contribution in [0.1, 0.15) is 37.5 Å². The number of aliphatic hydroxyl groups is 1. The third-order valence-electron chi connectivity index (χ3n) is 3.95. The number of guanidine groups is 1.